The summed E-state index contributed by atoms with van der Waals surface area (Å²) < 4.78 is 3.67. The molecule has 69 heavy (non-hydrogen) atoms. The van der Waals surface area contributed by atoms with Gasteiger partial charge in [0.1, 0.15) is 5.84 Å². The molecule has 0 unspecified atom stereocenters. The van der Waals surface area contributed by atoms with Gasteiger partial charge in [-0.25, -0.2) is 19.0 Å². The van der Waals surface area contributed by atoms with Crippen LogP contribution in [0.4, 0.5) is 11.4 Å². The van der Waals surface area contributed by atoms with Gasteiger partial charge in [0, 0.05) is 95.7 Å². The predicted octanol–water partition coefficient (Wildman–Crippen LogP) is 10.8. The molecule has 6 heterocycles. The number of nitrogens with one attached hydrogen (secondary N) is 1. The Morgan fingerprint density at radius 1 is 0.464 bits per heavy atom. The first-order chi connectivity index (χ1) is 33.9. The Morgan fingerprint density at radius 2 is 0.884 bits per heavy atom. The van der Waals surface area contributed by atoms with Crippen LogP contribution < -0.4 is 21.3 Å². The fourth-order valence-electron chi connectivity index (χ4n) is 10.0. The first-order valence-corrected chi connectivity index (χ1v) is 23.7. The Kier molecular flexibility index (Phi) is 11.6. The first-order valence-electron chi connectivity index (χ1n) is 23.7. The zero-order valence-electron chi connectivity index (χ0n) is 38.2. The fourth-order valence-corrected chi connectivity index (χ4v) is 10.0. The molecule has 0 bridgehead atoms. The molecular formula is C56H52N12O. The van der Waals surface area contributed by atoms with Crippen molar-refractivity contribution in [1.82, 2.24) is 29.2 Å². The Morgan fingerprint density at radius 3 is 1.32 bits per heavy atom. The second-order valence-corrected chi connectivity index (χ2v) is 17.8. The Bertz CT molecular complexity index is 3530. The molecule has 10 aromatic rings. The number of nitrogens with two attached hydrogens (primary N) is 2. The Balaban J connectivity index is 0.000000151. The van der Waals surface area contributed by atoms with E-state index in [-0.39, 0.29) is 11.7 Å². The van der Waals surface area contributed by atoms with Gasteiger partial charge in [-0.3, -0.25) is 5.41 Å². The number of fused-ring (bicyclic) bond motifs is 4. The number of hydrogen-bond donors (Lipinski definition) is 4. The highest BCUT2D eigenvalue weighted by Gasteiger charge is 2.18. The number of amidine groups is 2. The summed E-state index contributed by atoms with van der Waals surface area (Å²) in [5.41, 5.74) is 25.5. The van der Waals surface area contributed by atoms with Crippen LogP contribution in [0.15, 0.2) is 164 Å². The molecule has 0 spiro atoms. The van der Waals surface area contributed by atoms with Crippen molar-refractivity contribution in [3.63, 3.8) is 0 Å². The summed E-state index contributed by atoms with van der Waals surface area (Å²) in [6.45, 7) is 4.56. The smallest absolute Gasteiger partial charge is 0.170 e. The lowest BCUT2D eigenvalue weighted by atomic mass is 9.96. The van der Waals surface area contributed by atoms with Gasteiger partial charge in [0.15, 0.2) is 17.1 Å². The van der Waals surface area contributed by atoms with E-state index in [0.717, 1.165) is 109 Å². The molecule has 0 atom stereocenters. The second-order valence-electron chi connectivity index (χ2n) is 17.8. The predicted molar refractivity (Wildman–Crippen MR) is 278 cm³/mol. The van der Waals surface area contributed by atoms with Crippen LogP contribution in [0.5, 0.6) is 0 Å². The van der Waals surface area contributed by atoms with Gasteiger partial charge < -0.3 is 26.5 Å². The number of piperidine rings is 2. The average Bonchev–Trinajstić information content (AvgIpc) is 4.05. The van der Waals surface area contributed by atoms with E-state index in [0.29, 0.717) is 5.56 Å². The maximum atomic E-state index is 9.18. The third-order valence-corrected chi connectivity index (χ3v) is 13.7. The summed E-state index contributed by atoms with van der Waals surface area (Å²) in [6, 6.07) is 41.2. The molecule has 6 aromatic carbocycles. The fraction of sp³-hybridized carbons (Fsp3) is 0.179. The minimum absolute atomic E-state index is 0.0664. The molecule has 6 N–H and O–H groups in total. The van der Waals surface area contributed by atoms with Crippen molar-refractivity contribution in [3.8, 4) is 44.5 Å². The number of aromatic nitrogens is 6. The van der Waals surface area contributed by atoms with E-state index in [1.807, 2.05) is 113 Å². The van der Waals surface area contributed by atoms with E-state index in [1.54, 1.807) is 0 Å². The molecular weight excluding hydrogens is 857 g/mol. The molecule has 13 heteroatoms. The van der Waals surface area contributed by atoms with Crippen molar-refractivity contribution < 1.29 is 5.21 Å². The van der Waals surface area contributed by atoms with E-state index in [9.17, 15) is 5.21 Å². The number of nitrogen functional groups attached to an aromatic ring is 1. The quantitative estimate of drug-likeness (QED) is 0.0500. The second kappa shape index (κ2) is 18.6. The van der Waals surface area contributed by atoms with Crippen molar-refractivity contribution >= 4 is 55.9 Å². The summed E-state index contributed by atoms with van der Waals surface area (Å²) in [5.74, 6) is 0.151. The lowest BCUT2D eigenvalue weighted by molar-refractivity contribution is 0.318. The van der Waals surface area contributed by atoms with E-state index >= 15 is 0 Å². The summed E-state index contributed by atoms with van der Waals surface area (Å²) in [6.07, 6.45) is 19.3. The summed E-state index contributed by atoms with van der Waals surface area (Å²) in [7, 11) is 0. The number of anilines is 2. The van der Waals surface area contributed by atoms with E-state index in [2.05, 4.69) is 79.8 Å². The molecule has 2 saturated heterocycles. The van der Waals surface area contributed by atoms with E-state index < -0.39 is 0 Å². The topological polar surface area (TPSA) is 175 Å². The molecule has 12 rings (SSSR count). The van der Waals surface area contributed by atoms with Crippen LogP contribution in [0.2, 0.25) is 0 Å². The van der Waals surface area contributed by atoms with Crippen molar-refractivity contribution in [1.29, 1.82) is 5.41 Å². The van der Waals surface area contributed by atoms with Gasteiger partial charge >= 0.3 is 0 Å². The van der Waals surface area contributed by atoms with Crippen molar-refractivity contribution in [3.05, 3.63) is 170 Å². The molecule has 2 fully saturated rings. The summed E-state index contributed by atoms with van der Waals surface area (Å²) in [4.78, 5) is 14.5. The summed E-state index contributed by atoms with van der Waals surface area (Å²) >= 11 is 0. The first kappa shape index (κ1) is 43.0. The maximum Gasteiger partial charge on any atom is 0.170 e. The molecule has 0 saturated carbocycles. The van der Waals surface area contributed by atoms with Gasteiger partial charge in [0.25, 0.3) is 0 Å². The van der Waals surface area contributed by atoms with Crippen LogP contribution in [0.3, 0.4) is 0 Å². The normalized spacial score (nSPS) is 14.3. The third kappa shape index (κ3) is 8.32. The number of hydrogen-bond acceptors (Lipinski definition) is 9. The van der Waals surface area contributed by atoms with Crippen LogP contribution in [-0.4, -0.2) is 72.3 Å². The van der Waals surface area contributed by atoms with Crippen LogP contribution >= 0.6 is 0 Å². The highest BCUT2D eigenvalue weighted by Crippen LogP contribution is 2.36. The maximum absolute atomic E-state index is 9.18. The zero-order valence-corrected chi connectivity index (χ0v) is 38.2. The van der Waals surface area contributed by atoms with Gasteiger partial charge in [0.05, 0.1) is 12.4 Å². The number of oxime groups is 1. The van der Waals surface area contributed by atoms with Crippen molar-refractivity contribution in [2.45, 2.75) is 38.5 Å². The lowest BCUT2D eigenvalue weighted by Crippen LogP contribution is -2.29. The van der Waals surface area contributed by atoms with Gasteiger partial charge in [0.2, 0.25) is 0 Å². The molecule has 0 aliphatic carbocycles. The molecule has 13 nitrogen and oxygen atoms in total. The molecule has 0 radical (unpaired) electrons. The largest absolute Gasteiger partial charge is 0.409 e. The lowest BCUT2D eigenvalue weighted by Gasteiger charge is -2.28. The number of nitrogens with zero attached hydrogens (tertiary/aromatic N) is 9. The Hall–Kier alpha value is -8.58. The average molecular weight is 909 g/mol. The molecule has 342 valence electrons. The molecule has 2 aliphatic rings. The molecule has 4 aromatic heterocycles. The van der Waals surface area contributed by atoms with Gasteiger partial charge in [-0.15, -0.1) is 0 Å². The van der Waals surface area contributed by atoms with Gasteiger partial charge in [-0.1, -0.05) is 96.2 Å². The minimum atomic E-state index is 0.0664. The number of rotatable bonds is 8. The van der Waals surface area contributed by atoms with Crippen molar-refractivity contribution in [2.24, 2.45) is 16.6 Å². The van der Waals surface area contributed by atoms with E-state index in [4.69, 9.17) is 26.8 Å². The molecule has 0 amide bonds. The zero-order chi connectivity index (χ0) is 46.8. The Labute approximate surface area is 399 Å². The minimum Gasteiger partial charge on any atom is -0.409 e. The van der Waals surface area contributed by atoms with Crippen LogP contribution in [-0.2, 0) is 0 Å². The highest BCUT2D eigenvalue weighted by atomic mass is 16.4. The third-order valence-electron chi connectivity index (χ3n) is 13.7. The number of benzene rings is 6. The van der Waals surface area contributed by atoms with Gasteiger partial charge in [-0.2, -0.15) is 10.2 Å². The molecule has 2 aliphatic heterocycles. The standard InChI is InChI=1S/C28H26N6O.C28H26N6/c29-27(32-35)25-13-12-24(22-6-2-3-7-23(22)25)26-17-31-34-18-20(16-30-28(26)34)19-8-10-21(11-9-19)33-14-4-1-5-15-33;29-27(30)25-13-12-24(22-6-2-3-7-23(22)25)26-17-32-34-18-20(16-31-28(26)34)19-8-10-21(11-9-19)33-14-4-1-5-15-33/h2-3,6-13,16-18,35H,1,4-5,14-15H2,(H2,29,32);2-3,6-13,16-18H,1,4-5,14-15H2,(H3,29,30). The highest BCUT2D eigenvalue weighted by molar-refractivity contribution is 6.13. The summed E-state index contributed by atoms with van der Waals surface area (Å²) in [5, 5.41) is 33.4. The van der Waals surface area contributed by atoms with Gasteiger partial charge in [-0.05, 0) is 113 Å². The van der Waals surface area contributed by atoms with Crippen LogP contribution in [0.25, 0.3) is 77.3 Å². The monoisotopic (exact) mass is 908 g/mol. The SMILES string of the molecule is N/C(=N/O)c1ccc(-c2cnn3cc(-c4ccc(N5CCCCC5)cc4)cnc23)c2ccccc12.N=C(N)c1ccc(-c2cnn3cc(-c4ccc(N5CCCCC5)cc4)cnc23)c2ccccc12. The van der Waals surface area contributed by atoms with Crippen molar-refractivity contribution in [2.75, 3.05) is 36.0 Å². The van der Waals surface area contributed by atoms with Crippen LogP contribution in [0, 0.1) is 5.41 Å². The van der Waals surface area contributed by atoms with E-state index in [1.165, 1.54) is 49.9 Å². The van der Waals surface area contributed by atoms with Crippen LogP contribution in [0.1, 0.15) is 49.7 Å².